The molecule has 0 aliphatic carbocycles. The molecule has 1 aromatic carbocycles. The largest absolute Gasteiger partial charge is 0.360 e. The molecule has 2 heterocycles. The Hall–Kier alpha value is -1.53. The lowest BCUT2D eigenvalue weighted by atomic mass is 10.1. The fourth-order valence-electron chi connectivity index (χ4n) is 3.23. The predicted octanol–water partition coefficient (Wildman–Crippen LogP) is 4.23. The normalized spacial score (nSPS) is 21.0. The molecule has 1 saturated heterocycles. The number of unbranched alkanes of at least 4 members (excludes halogenated alkanes) is 1. The van der Waals surface area contributed by atoms with Gasteiger partial charge in [-0.3, -0.25) is 10.1 Å². The van der Waals surface area contributed by atoms with Crippen LogP contribution in [0.5, 0.6) is 0 Å². The van der Waals surface area contributed by atoms with E-state index in [2.05, 4.69) is 36.7 Å². The van der Waals surface area contributed by atoms with Crippen LogP contribution in [-0.4, -0.2) is 47.8 Å². The first-order valence-electron chi connectivity index (χ1n) is 8.32. The average Bonchev–Trinajstić information content (AvgIpc) is 3.03. The number of thioether (sulfide) groups is 1. The molecule has 1 aromatic heterocycles. The first kappa shape index (κ1) is 17.3. The first-order valence-corrected chi connectivity index (χ1v) is 9.54. The second-order valence-electron chi connectivity index (χ2n) is 6.69. The van der Waals surface area contributed by atoms with Gasteiger partial charge in [0.15, 0.2) is 0 Å². The number of benzene rings is 1. The van der Waals surface area contributed by atoms with Crippen molar-refractivity contribution in [2.75, 3.05) is 6.54 Å². The van der Waals surface area contributed by atoms with E-state index in [1.165, 1.54) is 4.74 Å². The van der Waals surface area contributed by atoms with Gasteiger partial charge in [0, 0.05) is 23.6 Å². The summed E-state index contributed by atoms with van der Waals surface area (Å²) >= 11 is 7.22. The van der Waals surface area contributed by atoms with Gasteiger partial charge in [0.2, 0.25) is 6.21 Å². The van der Waals surface area contributed by atoms with Gasteiger partial charge in [-0.15, -0.1) is 0 Å². The monoisotopic (exact) mass is 362 g/mol. The molecule has 0 spiro atoms. The van der Waals surface area contributed by atoms with Crippen LogP contribution in [0.1, 0.15) is 39.2 Å². The van der Waals surface area contributed by atoms with E-state index in [4.69, 9.17) is 12.2 Å². The van der Waals surface area contributed by atoms with E-state index >= 15 is 0 Å². The molecular formula is C18H24N3OS2+. The van der Waals surface area contributed by atoms with Gasteiger partial charge in [0.25, 0.3) is 6.17 Å². The molecule has 0 bridgehead atoms. The van der Waals surface area contributed by atoms with Crippen molar-refractivity contribution in [2.24, 2.45) is 0 Å². The lowest BCUT2D eigenvalue weighted by molar-refractivity contribution is -0.808. The molecule has 3 rings (SSSR count). The fraction of sp³-hybridized carbons (Fsp3) is 0.444. The summed E-state index contributed by atoms with van der Waals surface area (Å²) < 4.78 is 2.02. The molecule has 1 fully saturated rings. The number of aromatic nitrogens is 1. The molecule has 2 aromatic rings. The zero-order chi connectivity index (χ0) is 17.3. The maximum Gasteiger partial charge on any atom is 0.292 e. The molecule has 0 amide bonds. The van der Waals surface area contributed by atoms with E-state index < -0.39 is 0 Å². The van der Waals surface area contributed by atoms with Crippen molar-refractivity contribution in [3.05, 3.63) is 36.0 Å². The van der Waals surface area contributed by atoms with Gasteiger partial charge in [0.05, 0.1) is 5.56 Å². The summed E-state index contributed by atoms with van der Waals surface area (Å²) in [7, 11) is 0. The van der Waals surface area contributed by atoms with E-state index in [9.17, 15) is 5.21 Å². The number of hydrogen-bond acceptors (Lipinski definition) is 3. The predicted molar refractivity (Wildman–Crippen MR) is 105 cm³/mol. The third-order valence-electron chi connectivity index (χ3n) is 4.40. The highest BCUT2D eigenvalue weighted by molar-refractivity contribution is 8.24. The van der Waals surface area contributed by atoms with Crippen LogP contribution in [0.25, 0.3) is 10.9 Å². The molecule has 0 radical (unpaired) electrons. The summed E-state index contributed by atoms with van der Waals surface area (Å²) in [6, 6.07) is 8.10. The Balaban J connectivity index is 1.96. The highest BCUT2D eigenvalue weighted by Crippen LogP contribution is 2.41. The number of hydroxylamine groups is 1. The van der Waals surface area contributed by atoms with E-state index in [-0.39, 0.29) is 10.9 Å². The molecule has 24 heavy (non-hydrogen) atoms. The maximum absolute atomic E-state index is 10.9. The number of rotatable bonds is 5. The molecule has 128 valence electrons. The summed E-state index contributed by atoms with van der Waals surface area (Å²) in [6.45, 7) is 7.30. The maximum atomic E-state index is 10.9. The van der Waals surface area contributed by atoms with Gasteiger partial charge in [-0.05, 0) is 31.1 Å². The molecule has 6 heteroatoms. The van der Waals surface area contributed by atoms with Crippen LogP contribution < -0.4 is 0 Å². The van der Waals surface area contributed by atoms with Gasteiger partial charge in [-0.25, -0.2) is 0 Å². The first-order chi connectivity index (χ1) is 11.4. The molecular weight excluding hydrogens is 338 g/mol. The van der Waals surface area contributed by atoms with Crippen LogP contribution >= 0.6 is 24.0 Å². The molecule has 1 unspecified atom stereocenters. The fourth-order valence-corrected chi connectivity index (χ4v) is 5.16. The summed E-state index contributed by atoms with van der Waals surface area (Å²) in [5.41, 5.74) is 2.04. The van der Waals surface area contributed by atoms with E-state index in [1.54, 1.807) is 18.0 Å². The zero-order valence-corrected chi connectivity index (χ0v) is 16.0. The second-order valence-corrected chi connectivity index (χ2v) is 8.98. The SMILES string of the molecule is CCCCN1C(=S)SC(C)(C)C1[N+](O)=Cc1c[nH]c2ccccc12. The van der Waals surface area contributed by atoms with Crippen LogP contribution in [0.3, 0.4) is 0 Å². The molecule has 1 aliphatic rings. The van der Waals surface area contributed by atoms with Crippen LogP contribution in [0, 0.1) is 0 Å². The lowest BCUT2D eigenvalue weighted by Crippen LogP contribution is -2.49. The van der Waals surface area contributed by atoms with Gasteiger partial charge >= 0.3 is 0 Å². The number of H-pyrrole nitrogens is 1. The molecule has 1 aliphatic heterocycles. The number of fused-ring (bicyclic) bond motifs is 1. The zero-order valence-electron chi connectivity index (χ0n) is 14.3. The number of nitrogens with zero attached hydrogens (tertiary/aromatic N) is 2. The van der Waals surface area contributed by atoms with E-state index in [0.717, 1.165) is 40.2 Å². The summed E-state index contributed by atoms with van der Waals surface area (Å²) in [5.74, 6) is 0. The van der Waals surface area contributed by atoms with Gasteiger partial charge in [0.1, 0.15) is 9.07 Å². The minimum Gasteiger partial charge on any atom is -0.360 e. The Morgan fingerprint density at radius 1 is 1.42 bits per heavy atom. The highest BCUT2D eigenvalue weighted by atomic mass is 32.2. The van der Waals surface area contributed by atoms with Crippen LogP contribution in [0.15, 0.2) is 30.5 Å². The minimum atomic E-state index is -0.178. The Bertz CT molecular complexity index is 781. The number of thiocarbonyl (C=S) groups is 1. The van der Waals surface area contributed by atoms with Crippen molar-refractivity contribution in [3.63, 3.8) is 0 Å². The quantitative estimate of drug-likeness (QED) is 0.275. The van der Waals surface area contributed by atoms with Crippen molar-refractivity contribution in [2.45, 2.75) is 44.5 Å². The van der Waals surface area contributed by atoms with Crippen LogP contribution in [-0.2, 0) is 0 Å². The highest BCUT2D eigenvalue weighted by Gasteiger charge is 2.52. The molecule has 0 saturated carbocycles. The summed E-state index contributed by atoms with van der Waals surface area (Å²) in [6.07, 6.45) is 5.73. The van der Waals surface area contributed by atoms with Crippen LogP contribution in [0.4, 0.5) is 0 Å². The molecule has 4 nitrogen and oxygen atoms in total. The number of nitrogens with one attached hydrogen (secondary N) is 1. The third kappa shape index (κ3) is 3.17. The summed E-state index contributed by atoms with van der Waals surface area (Å²) in [4.78, 5) is 5.39. The number of hydrogen-bond donors (Lipinski definition) is 2. The molecule has 1 atom stereocenters. The number of para-hydroxylation sites is 1. The summed E-state index contributed by atoms with van der Waals surface area (Å²) in [5, 5.41) is 12.0. The van der Waals surface area contributed by atoms with Crippen LogP contribution in [0.2, 0.25) is 0 Å². The number of aromatic amines is 1. The van der Waals surface area contributed by atoms with Crippen molar-refractivity contribution >= 4 is 45.4 Å². The second kappa shape index (κ2) is 6.76. The smallest absolute Gasteiger partial charge is 0.292 e. The lowest BCUT2D eigenvalue weighted by Gasteiger charge is -2.25. The minimum absolute atomic E-state index is 0.171. The van der Waals surface area contributed by atoms with E-state index in [0.29, 0.717) is 0 Å². The Labute approximate surface area is 152 Å². The third-order valence-corrected chi connectivity index (χ3v) is 6.03. The van der Waals surface area contributed by atoms with Crippen molar-refractivity contribution in [1.29, 1.82) is 0 Å². The van der Waals surface area contributed by atoms with E-state index in [1.807, 2.05) is 24.4 Å². The Morgan fingerprint density at radius 2 is 2.17 bits per heavy atom. The topological polar surface area (TPSA) is 42.3 Å². The van der Waals surface area contributed by atoms with Gasteiger partial charge < -0.3 is 4.98 Å². The van der Waals surface area contributed by atoms with Gasteiger partial charge in [-0.1, -0.05) is 55.5 Å². The Kier molecular flexibility index (Phi) is 4.88. The van der Waals surface area contributed by atoms with Crippen molar-refractivity contribution in [1.82, 2.24) is 9.88 Å². The standard InChI is InChI=1S/C18H23N3OS2/c1-4-5-10-20-16(18(2,3)24-17(20)23)21(22)12-13-11-19-15-9-7-6-8-14(13)15/h6-9,11-12,16,22H,4-5,10H2,1-3H3/p+1. The average molecular weight is 363 g/mol. The molecule has 2 N–H and O–H groups in total. The van der Waals surface area contributed by atoms with Gasteiger partial charge in [-0.2, -0.15) is 0 Å². The Morgan fingerprint density at radius 3 is 2.92 bits per heavy atom. The van der Waals surface area contributed by atoms with Crippen molar-refractivity contribution < 1.29 is 9.95 Å². The van der Waals surface area contributed by atoms with Crippen molar-refractivity contribution in [3.8, 4) is 0 Å².